The van der Waals surface area contributed by atoms with Crippen LogP contribution in [0.3, 0.4) is 0 Å². The predicted octanol–water partition coefficient (Wildman–Crippen LogP) is 4.77. The molecule has 4 heteroatoms. The maximum Gasteiger partial charge on any atom is 0.272 e. The first-order valence-corrected chi connectivity index (χ1v) is 10.0. The number of carbonyl (C=O) groups is 2. The Hall–Kier alpha value is -2.62. The van der Waals surface area contributed by atoms with Crippen LogP contribution >= 0.6 is 0 Å². The third kappa shape index (κ3) is 4.44. The van der Waals surface area contributed by atoms with E-state index in [4.69, 9.17) is 0 Å². The minimum atomic E-state index is -0.557. The van der Waals surface area contributed by atoms with E-state index in [-0.39, 0.29) is 11.8 Å². The molecule has 2 aromatic rings. The molecule has 3 rings (SSSR count). The second-order valence-electron chi connectivity index (χ2n) is 8.82. The third-order valence-corrected chi connectivity index (χ3v) is 5.17. The van der Waals surface area contributed by atoms with Crippen molar-refractivity contribution in [3.8, 4) is 0 Å². The van der Waals surface area contributed by atoms with Crippen molar-refractivity contribution in [2.24, 2.45) is 0 Å². The number of nitrogens with zero attached hydrogens (tertiary/aromatic N) is 1. The molecular formula is C24H30N2O2. The normalized spacial score (nSPS) is 13.6. The summed E-state index contributed by atoms with van der Waals surface area (Å²) in [4.78, 5) is 26.2. The van der Waals surface area contributed by atoms with E-state index in [1.165, 1.54) is 22.6 Å². The second-order valence-corrected chi connectivity index (χ2v) is 8.82. The standard InChI is InChI=1S/C24H30N2O2/c1-16-12-17(2)14-21(13-16)23(28)26(24(3,4)5)25-22(27)20-11-10-18-8-6-7-9-19(18)15-20/h10-15H,6-9H2,1-5H3,(H,25,27). The molecule has 0 saturated heterocycles. The summed E-state index contributed by atoms with van der Waals surface area (Å²) in [6, 6.07) is 11.6. The Morgan fingerprint density at radius 1 is 0.857 bits per heavy atom. The van der Waals surface area contributed by atoms with Crippen LogP contribution in [0.1, 0.15) is 76.6 Å². The van der Waals surface area contributed by atoms with Gasteiger partial charge in [-0.15, -0.1) is 0 Å². The van der Waals surface area contributed by atoms with Gasteiger partial charge in [-0.2, -0.15) is 0 Å². The number of carbonyl (C=O) groups excluding carboxylic acids is 2. The summed E-state index contributed by atoms with van der Waals surface area (Å²) in [5.41, 5.74) is 8.13. The first kappa shape index (κ1) is 20.1. The van der Waals surface area contributed by atoms with Gasteiger partial charge in [-0.05, 0) is 95.7 Å². The van der Waals surface area contributed by atoms with Crippen molar-refractivity contribution < 1.29 is 9.59 Å². The highest BCUT2D eigenvalue weighted by Gasteiger charge is 2.30. The number of nitrogens with one attached hydrogen (secondary N) is 1. The maximum atomic E-state index is 13.2. The summed E-state index contributed by atoms with van der Waals surface area (Å²) in [6.07, 6.45) is 4.47. The van der Waals surface area contributed by atoms with Gasteiger partial charge in [0.1, 0.15) is 0 Å². The van der Waals surface area contributed by atoms with E-state index in [2.05, 4.69) is 11.5 Å². The zero-order valence-corrected chi connectivity index (χ0v) is 17.6. The van der Waals surface area contributed by atoms with Crippen molar-refractivity contribution in [2.75, 3.05) is 0 Å². The van der Waals surface area contributed by atoms with Gasteiger partial charge in [-0.3, -0.25) is 15.0 Å². The van der Waals surface area contributed by atoms with Gasteiger partial charge < -0.3 is 0 Å². The van der Waals surface area contributed by atoms with Crippen LogP contribution in [0.4, 0.5) is 0 Å². The van der Waals surface area contributed by atoms with E-state index in [9.17, 15) is 9.59 Å². The second kappa shape index (κ2) is 7.78. The van der Waals surface area contributed by atoms with Gasteiger partial charge in [-0.1, -0.05) is 23.3 Å². The van der Waals surface area contributed by atoms with Crippen LogP contribution in [0.15, 0.2) is 36.4 Å². The van der Waals surface area contributed by atoms with E-state index < -0.39 is 5.54 Å². The minimum absolute atomic E-state index is 0.203. The van der Waals surface area contributed by atoms with E-state index in [1.807, 2.05) is 65.0 Å². The van der Waals surface area contributed by atoms with Crippen LogP contribution in [0.25, 0.3) is 0 Å². The zero-order valence-electron chi connectivity index (χ0n) is 17.6. The smallest absolute Gasteiger partial charge is 0.267 e. The van der Waals surface area contributed by atoms with Gasteiger partial charge in [0.2, 0.25) is 0 Å². The average Bonchev–Trinajstić information content (AvgIpc) is 2.63. The van der Waals surface area contributed by atoms with Gasteiger partial charge in [0.05, 0.1) is 5.54 Å². The lowest BCUT2D eigenvalue weighted by Gasteiger charge is -2.35. The monoisotopic (exact) mass is 378 g/mol. The van der Waals surface area contributed by atoms with Crippen molar-refractivity contribution in [2.45, 2.75) is 65.8 Å². The Labute approximate surface area is 167 Å². The summed E-state index contributed by atoms with van der Waals surface area (Å²) in [5, 5.41) is 1.45. The fourth-order valence-electron chi connectivity index (χ4n) is 3.79. The van der Waals surface area contributed by atoms with E-state index >= 15 is 0 Å². The van der Waals surface area contributed by atoms with Gasteiger partial charge >= 0.3 is 0 Å². The Morgan fingerprint density at radius 3 is 2.07 bits per heavy atom. The SMILES string of the molecule is Cc1cc(C)cc(C(=O)N(NC(=O)c2ccc3c(c2)CCCC3)C(C)(C)C)c1. The van der Waals surface area contributed by atoms with Crippen LogP contribution < -0.4 is 5.43 Å². The number of fused-ring (bicyclic) bond motifs is 1. The van der Waals surface area contributed by atoms with Crippen LogP contribution in [-0.4, -0.2) is 22.4 Å². The molecule has 0 aromatic heterocycles. The van der Waals surface area contributed by atoms with Crippen molar-refractivity contribution in [3.05, 3.63) is 69.8 Å². The average molecular weight is 379 g/mol. The maximum absolute atomic E-state index is 13.2. The molecule has 0 atom stereocenters. The lowest BCUT2D eigenvalue weighted by molar-refractivity contribution is 0.0358. The molecule has 0 bridgehead atoms. The highest BCUT2D eigenvalue weighted by atomic mass is 16.2. The van der Waals surface area contributed by atoms with Gasteiger partial charge in [0, 0.05) is 11.1 Å². The highest BCUT2D eigenvalue weighted by molar-refractivity contribution is 5.99. The summed E-state index contributed by atoms with van der Waals surface area (Å²) in [6.45, 7) is 9.69. The molecule has 2 amide bonds. The fourth-order valence-corrected chi connectivity index (χ4v) is 3.79. The van der Waals surface area contributed by atoms with Gasteiger partial charge in [0.25, 0.3) is 11.8 Å². The molecule has 1 aliphatic rings. The van der Waals surface area contributed by atoms with Crippen LogP contribution in [0.2, 0.25) is 0 Å². The van der Waals surface area contributed by atoms with E-state index in [0.717, 1.165) is 30.4 Å². The first-order valence-electron chi connectivity index (χ1n) is 10.0. The molecule has 2 aromatic carbocycles. The quantitative estimate of drug-likeness (QED) is 0.766. The van der Waals surface area contributed by atoms with Crippen molar-refractivity contribution in [3.63, 3.8) is 0 Å². The summed E-state index contributed by atoms with van der Waals surface area (Å²) in [7, 11) is 0. The number of aryl methyl sites for hydroxylation is 4. The zero-order chi connectivity index (χ0) is 20.5. The molecule has 1 N–H and O–H groups in total. The molecule has 4 nitrogen and oxygen atoms in total. The minimum Gasteiger partial charge on any atom is -0.267 e. The van der Waals surface area contributed by atoms with Gasteiger partial charge in [0.15, 0.2) is 0 Å². The molecular weight excluding hydrogens is 348 g/mol. The van der Waals surface area contributed by atoms with Crippen LogP contribution in [0.5, 0.6) is 0 Å². The predicted molar refractivity (Wildman–Crippen MR) is 112 cm³/mol. The number of rotatable bonds is 2. The molecule has 0 saturated carbocycles. The van der Waals surface area contributed by atoms with Crippen molar-refractivity contribution in [1.82, 2.24) is 10.4 Å². The lowest BCUT2D eigenvalue weighted by Crippen LogP contribution is -2.55. The number of amides is 2. The third-order valence-electron chi connectivity index (χ3n) is 5.17. The summed E-state index contributed by atoms with van der Waals surface area (Å²) >= 11 is 0. The van der Waals surface area contributed by atoms with E-state index in [1.54, 1.807) is 0 Å². The fraction of sp³-hybridized carbons (Fsp3) is 0.417. The number of hydrazine groups is 1. The molecule has 1 aliphatic carbocycles. The molecule has 0 fully saturated rings. The van der Waals surface area contributed by atoms with Crippen molar-refractivity contribution in [1.29, 1.82) is 0 Å². The van der Waals surface area contributed by atoms with Crippen molar-refractivity contribution >= 4 is 11.8 Å². The molecule has 0 radical (unpaired) electrons. The van der Waals surface area contributed by atoms with E-state index in [0.29, 0.717) is 11.1 Å². The summed E-state index contributed by atoms with van der Waals surface area (Å²) < 4.78 is 0. The Bertz CT molecular complexity index is 889. The van der Waals surface area contributed by atoms with Crippen LogP contribution in [0, 0.1) is 13.8 Å². The molecule has 0 spiro atoms. The Balaban J connectivity index is 1.86. The molecule has 0 heterocycles. The molecule has 0 unspecified atom stereocenters. The topological polar surface area (TPSA) is 49.4 Å². The molecule has 148 valence electrons. The first-order chi connectivity index (χ1) is 13.1. The Kier molecular flexibility index (Phi) is 5.59. The molecule has 28 heavy (non-hydrogen) atoms. The Morgan fingerprint density at radius 2 is 1.46 bits per heavy atom. The highest BCUT2D eigenvalue weighted by Crippen LogP contribution is 2.23. The number of hydrogen-bond donors (Lipinski definition) is 1. The number of hydrogen-bond acceptors (Lipinski definition) is 2. The summed E-state index contributed by atoms with van der Waals surface area (Å²) in [5.74, 6) is -0.452. The largest absolute Gasteiger partial charge is 0.272 e. The van der Waals surface area contributed by atoms with Crippen LogP contribution in [-0.2, 0) is 12.8 Å². The lowest BCUT2D eigenvalue weighted by atomic mass is 9.90. The molecule has 0 aliphatic heterocycles. The van der Waals surface area contributed by atoms with Gasteiger partial charge in [-0.25, -0.2) is 5.01 Å². The number of benzene rings is 2.